The van der Waals surface area contributed by atoms with E-state index >= 15 is 0 Å². The van der Waals surface area contributed by atoms with Gasteiger partial charge in [0.15, 0.2) is 0 Å². The lowest BCUT2D eigenvalue weighted by Crippen LogP contribution is -2.48. The van der Waals surface area contributed by atoms with Gasteiger partial charge in [0, 0.05) is 25.1 Å². The number of anilines is 1. The molecule has 1 aliphatic heterocycles. The molecule has 6 nitrogen and oxygen atoms in total. The average molecular weight is 209 g/mol. The van der Waals surface area contributed by atoms with Gasteiger partial charge in [-0.05, 0) is 0 Å². The molecule has 1 aromatic rings. The third kappa shape index (κ3) is 2.15. The van der Waals surface area contributed by atoms with Crippen LogP contribution in [0.1, 0.15) is 6.42 Å². The van der Waals surface area contributed by atoms with Crippen molar-refractivity contribution >= 4 is 11.8 Å². The Kier molecular flexibility index (Phi) is 2.40. The molecule has 1 aromatic heterocycles. The van der Waals surface area contributed by atoms with Crippen LogP contribution >= 0.6 is 0 Å². The van der Waals surface area contributed by atoms with Crippen LogP contribution in [0.2, 0.25) is 0 Å². The van der Waals surface area contributed by atoms with Gasteiger partial charge in [-0.2, -0.15) is 0 Å². The van der Waals surface area contributed by atoms with Gasteiger partial charge in [0.2, 0.25) is 0 Å². The number of carboxylic acids is 1. The average Bonchev–Trinajstić information content (AvgIpc) is 2.10. The fourth-order valence-corrected chi connectivity index (χ4v) is 1.66. The highest BCUT2D eigenvalue weighted by molar-refractivity contribution is 5.67. The highest BCUT2D eigenvalue weighted by Gasteiger charge is 2.29. The molecule has 0 unspecified atom stereocenters. The standard InChI is InChI=1S/C9H11N3O3/c13-8-2-7(10-5-11-8)12-3-6(4-12)1-9(14)15/h2,5-6H,1,3-4H2,(H,14,15)(H,10,11,13). The molecule has 0 atom stereocenters. The topological polar surface area (TPSA) is 86.3 Å². The Labute approximate surface area is 85.6 Å². The number of aromatic amines is 1. The molecule has 0 radical (unpaired) electrons. The number of carbonyl (C=O) groups is 1. The largest absolute Gasteiger partial charge is 0.481 e. The molecule has 1 fully saturated rings. The number of hydrogen-bond acceptors (Lipinski definition) is 4. The number of aromatic nitrogens is 2. The Balaban J connectivity index is 1.94. The summed E-state index contributed by atoms with van der Waals surface area (Å²) in [5.41, 5.74) is -0.193. The number of hydrogen-bond donors (Lipinski definition) is 2. The smallest absolute Gasteiger partial charge is 0.303 e. The molecule has 2 rings (SSSR count). The molecule has 0 aliphatic carbocycles. The van der Waals surface area contributed by atoms with Gasteiger partial charge in [0.1, 0.15) is 5.82 Å². The van der Waals surface area contributed by atoms with E-state index in [1.54, 1.807) is 0 Å². The van der Waals surface area contributed by atoms with Crippen LogP contribution in [0.25, 0.3) is 0 Å². The molecule has 0 bridgehead atoms. The van der Waals surface area contributed by atoms with Crippen molar-refractivity contribution < 1.29 is 9.90 Å². The maximum absolute atomic E-state index is 11.0. The molecular weight excluding hydrogens is 198 g/mol. The highest BCUT2D eigenvalue weighted by Crippen LogP contribution is 2.23. The summed E-state index contributed by atoms with van der Waals surface area (Å²) in [6, 6.07) is 1.41. The van der Waals surface area contributed by atoms with Crippen LogP contribution in [-0.4, -0.2) is 34.1 Å². The van der Waals surface area contributed by atoms with Crippen molar-refractivity contribution in [2.24, 2.45) is 5.92 Å². The first-order valence-corrected chi connectivity index (χ1v) is 4.66. The van der Waals surface area contributed by atoms with E-state index in [1.807, 2.05) is 4.90 Å². The molecule has 0 saturated carbocycles. The van der Waals surface area contributed by atoms with Crippen LogP contribution in [0.4, 0.5) is 5.82 Å². The van der Waals surface area contributed by atoms with Gasteiger partial charge >= 0.3 is 5.97 Å². The van der Waals surface area contributed by atoms with Crippen molar-refractivity contribution in [2.45, 2.75) is 6.42 Å². The van der Waals surface area contributed by atoms with Crippen molar-refractivity contribution in [2.75, 3.05) is 18.0 Å². The summed E-state index contributed by atoms with van der Waals surface area (Å²) in [6.45, 7) is 1.31. The van der Waals surface area contributed by atoms with E-state index in [2.05, 4.69) is 9.97 Å². The SMILES string of the molecule is O=C(O)CC1CN(c2cc(=O)[nH]cn2)C1. The summed E-state index contributed by atoms with van der Waals surface area (Å²) in [7, 11) is 0. The first-order valence-electron chi connectivity index (χ1n) is 4.66. The normalized spacial score (nSPS) is 16.1. The van der Waals surface area contributed by atoms with Crippen LogP contribution < -0.4 is 10.5 Å². The van der Waals surface area contributed by atoms with Gasteiger partial charge in [0.25, 0.3) is 5.56 Å². The van der Waals surface area contributed by atoms with Crippen molar-refractivity contribution in [3.63, 3.8) is 0 Å². The number of H-pyrrole nitrogens is 1. The van der Waals surface area contributed by atoms with Crippen LogP contribution in [-0.2, 0) is 4.79 Å². The minimum Gasteiger partial charge on any atom is -0.481 e. The van der Waals surface area contributed by atoms with Crippen molar-refractivity contribution in [3.8, 4) is 0 Å². The van der Waals surface area contributed by atoms with E-state index < -0.39 is 5.97 Å². The monoisotopic (exact) mass is 209 g/mol. The Hall–Kier alpha value is -1.85. The quantitative estimate of drug-likeness (QED) is 0.712. The number of carboxylic acid groups (broad SMARTS) is 1. The molecule has 0 amide bonds. The zero-order valence-corrected chi connectivity index (χ0v) is 8.01. The van der Waals surface area contributed by atoms with Crippen LogP contribution in [0.15, 0.2) is 17.2 Å². The number of rotatable bonds is 3. The fraction of sp³-hybridized carbons (Fsp3) is 0.444. The van der Waals surface area contributed by atoms with E-state index in [0.29, 0.717) is 18.9 Å². The van der Waals surface area contributed by atoms with Gasteiger partial charge in [-0.1, -0.05) is 0 Å². The number of aliphatic carboxylic acids is 1. The van der Waals surface area contributed by atoms with E-state index in [4.69, 9.17) is 5.11 Å². The minimum absolute atomic E-state index is 0.170. The van der Waals surface area contributed by atoms with Crippen molar-refractivity contribution in [1.29, 1.82) is 0 Å². The molecule has 2 heterocycles. The summed E-state index contributed by atoms with van der Waals surface area (Å²) in [5, 5.41) is 8.56. The molecule has 1 aliphatic rings. The predicted octanol–water partition coefficient (Wildman–Crippen LogP) is -0.319. The summed E-state index contributed by atoms with van der Waals surface area (Å²) < 4.78 is 0. The Morgan fingerprint density at radius 2 is 2.40 bits per heavy atom. The second-order valence-electron chi connectivity index (χ2n) is 3.64. The van der Waals surface area contributed by atoms with Gasteiger partial charge in [-0.15, -0.1) is 0 Å². The second-order valence-corrected chi connectivity index (χ2v) is 3.64. The Morgan fingerprint density at radius 1 is 1.67 bits per heavy atom. The predicted molar refractivity (Wildman–Crippen MR) is 52.8 cm³/mol. The zero-order valence-electron chi connectivity index (χ0n) is 8.01. The first-order chi connectivity index (χ1) is 7.15. The summed E-state index contributed by atoms with van der Waals surface area (Å²) >= 11 is 0. The molecule has 15 heavy (non-hydrogen) atoms. The highest BCUT2D eigenvalue weighted by atomic mass is 16.4. The number of nitrogens with one attached hydrogen (secondary N) is 1. The summed E-state index contributed by atoms with van der Waals surface area (Å²) in [5.74, 6) is 0.00231. The first kappa shape index (κ1) is 9.70. The molecule has 0 spiro atoms. The van der Waals surface area contributed by atoms with Gasteiger partial charge < -0.3 is 15.0 Å². The van der Waals surface area contributed by atoms with Crippen molar-refractivity contribution in [1.82, 2.24) is 9.97 Å². The lowest BCUT2D eigenvalue weighted by atomic mass is 9.96. The van der Waals surface area contributed by atoms with E-state index in [1.165, 1.54) is 12.4 Å². The van der Waals surface area contributed by atoms with Gasteiger partial charge in [-0.25, -0.2) is 4.98 Å². The van der Waals surface area contributed by atoms with E-state index in [9.17, 15) is 9.59 Å². The summed E-state index contributed by atoms with van der Waals surface area (Å²) in [4.78, 5) is 29.7. The van der Waals surface area contributed by atoms with E-state index in [-0.39, 0.29) is 17.9 Å². The Bertz CT molecular complexity index is 423. The summed E-state index contributed by atoms with van der Waals surface area (Å²) in [6.07, 6.45) is 1.53. The fourth-order valence-electron chi connectivity index (χ4n) is 1.66. The maximum Gasteiger partial charge on any atom is 0.303 e. The third-order valence-corrected chi connectivity index (χ3v) is 2.41. The Morgan fingerprint density at radius 3 is 3.00 bits per heavy atom. The zero-order chi connectivity index (χ0) is 10.8. The molecule has 1 saturated heterocycles. The molecule has 2 N–H and O–H groups in total. The molecule has 6 heteroatoms. The van der Waals surface area contributed by atoms with Gasteiger partial charge in [-0.3, -0.25) is 9.59 Å². The van der Waals surface area contributed by atoms with Crippen molar-refractivity contribution in [3.05, 3.63) is 22.7 Å². The lowest BCUT2D eigenvalue weighted by molar-refractivity contribution is -0.138. The second kappa shape index (κ2) is 3.72. The van der Waals surface area contributed by atoms with E-state index in [0.717, 1.165) is 0 Å². The lowest BCUT2D eigenvalue weighted by Gasteiger charge is -2.39. The van der Waals surface area contributed by atoms with Gasteiger partial charge in [0.05, 0.1) is 12.7 Å². The minimum atomic E-state index is -0.779. The molecular formula is C9H11N3O3. The molecule has 80 valence electrons. The van der Waals surface area contributed by atoms with Crippen LogP contribution in [0, 0.1) is 5.92 Å². The van der Waals surface area contributed by atoms with Crippen LogP contribution in [0.3, 0.4) is 0 Å². The third-order valence-electron chi connectivity index (χ3n) is 2.41. The van der Waals surface area contributed by atoms with Crippen LogP contribution in [0.5, 0.6) is 0 Å². The molecule has 0 aromatic carbocycles. The number of nitrogens with zero attached hydrogens (tertiary/aromatic N) is 2. The maximum atomic E-state index is 11.0.